The van der Waals surface area contributed by atoms with Crippen LogP contribution in [0.4, 0.5) is 0 Å². The molecule has 1 aromatic rings. The van der Waals surface area contributed by atoms with Crippen molar-refractivity contribution in [3.63, 3.8) is 0 Å². The zero-order valence-electron chi connectivity index (χ0n) is 12.6. The fourth-order valence-electron chi connectivity index (χ4n) is 4.48. The molecule has 21 heavy (non-hydrogen) atoms. The third-order valence-corrected chi connectivity index (χ3v) is 5.39. The summed E-state index contributed by atoms with van der Waals surface area (Å²) >= 11 is 0. The average Bonchev–Trinajstić information content (AvgIpc) is 3.03. The molecule has 0 saturated heterocycles. The Morgan fingerprint density at radius 3 is 2.14 bits per heavy atom. The quantitative estimate of drug-likeness (QED) is 0.713. The Morgan fingerprint density at radius 2 is 1.52 bits per heavy atom. The van der Waals surface area contributed by atoms with Gasteiger partial charge in [0.2, 0.25) is 0 Å². The van der Waals surface area contributed by atoms with E-state index in [1.165, 1.54) is 24.0 Å². The van der Waals surface area contributed by atoms with E-state index in [0.29, 0.717) is 0 Å². The lowest BCUT2D eigenvalue weighted by Gasteiger charge is -2.37. The van der Waals surface area contributed by atoms with Crippen LogP contribution in [0.2, 0.25) is 0 Å². The molecule has 4 rings (SSSR count). The number of rotatable bonds is 0. The number of fused-ring (bicyclic) bond motifs is 3. The molecule has 2 aliphatic carbocycles. The van der Waals surface area contributed by atoms with Crippen molar-refractivity contribution in [2.45, 2.75) is 50.7 Å². The first-order valence-electron chi connectivity index (χ1n) is 7.80. The standard InChI is InChI=1S/C19H20O2/c1-13-11-15(20)12-14(2)19(13)17-8-4-3-7-16(17)18(21-19)9-5-6-10-18/h3-4,7-8,11-12H,5-6,9-10H2,1-2H3. The number of hydrogen-bond donors (Lipinski definition) is 0. The molecule has 1 heterocycles. The van der Waals surface area contributed by atoms with E-state index in [9.17, 15) is 4.79 Å². The molecule has 108 valence electrons. The fraction of sp³-hybridized carbons (Fsp3) is 0.421. The lowest BCUT2D eigenvalue weighted by Crippen LogP contribution is -2.35. The van der Waals surface area contributed by atoms with Crippen molar-refractivity contribution in [3.8, 4) is 0 Å². The zero-order chi connectivity index (χ0) is 14.7. The molecule has 3 aliphatic rings. The van der Waals surface area contributed by atoms with Crippen molar-refractivity contribution in [2.75, 3.05) is 0 Å². The van der Waals surface area contributed by atoms with Gasteiger partial charge in [-0.3, -0.25) is 4.79 Å². The summed E-state index contributed by atoms with van der Waals surface area (Å²) < 4.78 is 6.79. The summed E-state index contributed by atoms with van der Waals surface area (Å²) in [5.41, 5.74) is 3.93. The summed E-state index contributed by atoms with van der Waals surface area (Å²) in [6.45, 7) is 4.05. The van der Waals surface area contributed by atoms with Gasteiger partial charge in [-0.1, -0.05) is 37.1 Å². The zero-order valence-corrected chi connectivity index (χ0v) is 12.6. The van der Waals surface area contributed by atoms with Gasteiger partial charge in [0.05, 0.1) is 5.60 Å². The normalized spacial score (nSPS) is 25.1. The maximum absolute atomic E-state index is 11.8. The van der Waals surface area contributed by atoms with Crippen molar-refractivity contribution in [1.29, 1.82) is 0 Å². The van der Waals surface area contributed by atoms with Gasteiger partial charge < -0.3 is 4.74 Å². The highest BCUT2D eigenvalue weighted by Crippen LogP contribution is 2.59. The van der Waals surface area contributed by atoms with Gasteiger partial charge in [0.1, 0.15) is 5.60 Å². The summed E-state index contributed by atoms with van der Waals surface area (Å²) in [4.78, 5) is 11.8. The van der Waals surface area contributed by atoms with E-state index in [4.69, 9.17) is 4.74 Å². The minimum absolute atomic E-state index is 0.0732. The van der Waals surface area contributed by atoms with Gasteiger partial charge in [-0.15, -0.1) is 0 Å². The minimum Gasteiger partial charge on any atom is -0.350 e. The monoisotopic (exact) mass is 280 g/mol. The van der Waals surface area contributed by atoms with Gasteiger partial charge in [-0.05, 0) is 61.1 Å². The molecule has 0 amide bonds. The van der Waals surface area contributed by atoms with Crippen LogP contribution in [0, 0.1) is 0 Å². The highest BCUT2D eigenvalue weighted by atomic mass is 16.5. The Kier molecular flexibility index (Phi) is 2.59. The summed E-state index contributed by atoms with van der Waals surface area (Å²) in [5.74, 6) is 0.0732. The molecule has 0 bridgehead atoms. The van der Waals surface area contributed by atoms with Crippen molar-refractivity contribution in [3.05, 3.63) is 58.7 Å². The van der Waals surface area contributed by atoms with Gasteiger partial charge in [0, 0.05) is 0 Å². The molecule has 0 radical (unpaired) electrons. The summed E-state index contributed by atoms with van der Waals surface area (Å²) in [7, 11) is 0. The average molecular weight is 280 g/mol. The molecule has 2 nitrogen and oxygen atoms in total. The molecule has 0 aromatic heterocycles. The van der Waals surface area contributed by atoms with Gasteiger partial charge in [0.15, 0.2) is 5.78 Å². The first-order valence-corrected chi connectivity index (χ1v) is 7.80. The molecular formula is C19H20O2. The lowest BCUT2D eigenvalue weighted by atomic mass is 9.76. The Morgan fingerprint density at radius 1 is 0.952 bits per heavy atom. The van der Waals surface area contributed by atoms with Crippen LogP contribution in [0.1, 0.15) is 50.7 Å². The maximum Gasteiger partial charge on any atom is 0.178 e. The SMILES string of the molecule is CC1=CC(=O)C=C(C)C12OC1(CCCC1)c1ccccc12. The second-order valence-corrected chi connectivity index (χ2v) is 6.59. The second-order valence-electron chi connectivity index (χ2n) is 6.59. The van der Waals surface area contributed by atoms with Crippen molar-refractivity contribution in [2.24, 2.45) is 0 Å². The van der Waals surface area contributed by atoms with Crippen molar-refractivity contribution < 1.29 is 9.53 Å². The van der Waals surface area contributed by atoms with Gasteiger partial charge in [-0.2, -0.15) is 0 Å². The van der Waals surface area contributed by atoms with Crippen LogP contribution < -0.4 is 0 Å². The summed E-state index contributed by atoms with van der Waals surface area (Å²) in [5, 5.41) is 0. The lowest BCUT2D eigenvalue weighted by molar-refractivity contribution is -0.115. The van der Waals surface area contributed by atoms with Crippen LogP contribution in [0.15, 0.2) is 47.6 Å². The van der Waals surface area contributed by atoms with Crippen LogP contribution in [-0.2, 0) is 20.7 Å². The van der Waals surface area contributed by atoms with Gasteiger partial charge in [0.25, 0.3) is 0 Å². The third-order valence-electron chi connectivity index (χ3n) is 5.39. The second kappa shape index (κ2) is 4.17. The van der Waals surface area contributed by atoms with Crippen molar-refractivity contribution >= 4 is 5.78 Å². The third kappa shape index (κ3) is 1.54. The van der Waals surface area contributed by atoms with Gasteiger partial charge >= 0.3 is 0 Å². The van der Waals surface area contributed by atoms with Gasteiger partial charge in [-0.25, -0.2) is 0 Å². The molecule has 1 aromatic carbocycles. The van der Waals surface area contributed by atoms with Crippen LogP contribution in [-0.4, -0.2) is 5.78 Å². The van der Waals surface area contributed by atoms with Crippen LogP contribution >= 0.6 is 0 Å². The molecule has 2 spiro atoms. The molecule has 1 aliphatic heterocycles. The predicted octanol–water partition coefficient (Wildman–Crippen LogP) is 4.16. The Bertz CT molecular complexity index is 665. The number of hydrogen-bond acceptors (Lipinski definition) is 2. The molecule has 2 heteroatoms. The van der Waals surface area contributed by atoms with E-state index in [1.54, 1.807) is 12.2 Å². The molecular weight excluding hydrogens is 260 g/mol. The highest BCUT2D eigenvalue weighted by molar-refractivity contribution is 6.02. The topological polar surface area (TPSA) is 26.3 Å². The maximum atomic E-state index is 11.8. The first-order chi connectivity index (χ1) is 10.1. The molecule has 1 fully saturated rings. The molecule has 0 unspecified atom stereocenters. The number of benzene rings is 1. The number of carbonyl (C=O) groups is 1. The van der Waals surface area contributed by atoms with Crippen LogP contribution in [0.5, 0.6) is 0 Å². The van der Waals surface area contributed by atoms with E-state index in [1.807, 2.05) is 13.8 Å². The number of allylic oxidation sites excluding steroid dienone is 2. The van der Waals surface area contributed by atoms with E-state index in [-0.39, 0.29) is 11.4 Å². The molecule has 0 N–H and O–H groups in total. The Balaban J connectivity index is 1.98. The Labute approximate surface area is 125 Å². The predicted molar refractivity (Wildman–Crippen MR) is 81.9 cm³/mol. The number of carbonyl (C=O) groups excluding carboxylic acids is 1. The summed E-state index contributed by atoms with van der Waals surface area (Å²) in [6.07, 6.45) is 8.07. The van der Waals surface area contributed by atoms with E-state index in [2.05, 4.69) is 24.3 Å². The van der Waals surface area contributed by atoms with E-state index < -0.39 is 5.60 Å². The van der Waals surface area contributed by atoms with E-state index >= 15 is 0 Å². The van der Waals surface area contributed by atoms with Crippen molar-refractivity contribution in [1.82, 2.24) is 0 Å². The molecule has 0 atom stereocenters. The minimum atomic E-state index is -0.519. The fourth-order valence-corrected chi connectivity index (χ4v) is 4.48. The molecule has 1 saturated carbocycles. The van der Waals surface area contributed by atoms with E-state index in [0.717, 1.165) is 24.0 Å². The highest BCUT2D eigenvalue weighted by Gasteiger charge is 2.56. The first kappa shape index (κ1) is 13.0. The largest absolute Gasteiger partial charge is 0.350 e. The Hall–Kier alpha value is -1.67. The number of ketones is 1. The number of ether oxygens (including phenoxy) is 1. The summed E-state index contributed by atoms with van der Waals surface area (Å²) in [6, 6.07) is 8.57. The smallest absolute Gasteiger partial charge is 0.178 e. The van der Waals surface area contributed by atoms with Crippen LogP contribution in [0.25, 0.3) is 0 Å². The van der Waals surface area contributed by atoms with Crippen LogP contribution in [0.3, 0.4) is 0 Å².